The Morgan fingerprint density at radius 1 is 1.00 bits per heavy atom. The molecule has 0 aliphatic rings. The molecule has 0 aliphatic carbocycles. The first-order valence-electron chi connectivity index (χ1n) is 6.50. The summed E-state index contributed by atoms with van der Waals surface area (Å²) in [7, 11) is 1.56. The maximum atomic E-state index is 12.2. The summed E-state index contributed by atoms with van der Waals surface area (Å²) in [5, 5.41) is 5.30. The van der Waals surface area contributed by atoms with Crippen molar-refractivity contribution in [1.29, 1.82) is 0 Å². The number of rotatable bonds is 3. The Bertz CT molecular complexity index is 675. The maximum absolute atomic E-state index is 12.2. The Hall–Kier alpha value is -2.82. The van der Waals surface area contributed by atoms with E-state index in [9.17, 15) is 9.59 Å². The molecule has 21 heavy (non-hydrogen) atoms. The average Bonchev–Trinajstić information content (AvgIpc) is 2.45. The normalized spacial score (nSPS) is 10.0. The summed E-state index contributed by atoms with van der Waals surface area (Å²) in [5.74, 6) is -0.467. The highest BCUT2D eigenvalue weighted by Crippen LogP contribution is 2.15. The van der Waals surface area contributed by atoms with Gasteiger partial charge >= 0.3 is 0 Å². The Kier molecular flexibility index (Phi) is 4.23. The zero-order chi connectivity index (χ0) is 15.4. The van der Waals surface area contributed by atoms with Crippen molar-refractivity contribution >= 4 is 23.2 Å². The van der Waals surface area contributed by atoms with Gasteiger partial charge in [0.25, 0.3) is 11.8 Å². The highest BCUT2D eigenvalue weighted by atomic mass is 16.2. The van der Waals surface area contributed by atoms with E-state index in [2.05, 4.69) is 10.6 Å². The summed E-state index contributed by atoms with van der Waals surface area (Å²) in [6.07, 6.45) is 0. The van der Waals surface area contributed by atoms with Gasteiger partial charge in [-0.2, -0.15) is 0 Å². The van der Waals surface area contributed by atoms with E-state index >= 15 is 0 Å². The molecule has 0 heterocycles. The number of hydrogen-bond donors (Lipinski definition) is 3. The molecule has 0 unspecified atom stereocenters. The van der Waals surface area contributed by atoms with Gasteiger partial charge in [0.05, 0.1) is 0 Å². The third kappa shape index (κ3) is 3.60. The van der Waals surface area contributed by atoms with Gasteiger partial charge in [-0.1, -0.05) is 6.07 Å². The highest BCUT2D eigenvalue weighted by molar-refractivity contribution is 6.05. The summed E-state index contributed by atoms with van der Waals surface area (Å²) in [6.45, 7) is 1.87. The van der Waals surface area contributed by atoms with Crippen LogP contribution in [0.1, 0.15) is 26.3 Å². The van der Waals surface area contributed by atoms with Gasteiger partial charge < -0.3 is 16.4 Å². The minimum atomic E-state index is -0.264. The van der Waals surface area contributed by atoms with Gasteiger partial charge in [0, 0.05) is 29.5 Å². The SMILES string of the molecule is CNC(=O)c1cccc(NC(=O)c2cc(C)cc(N)c2)c1. The molecule has 0 aliphatic heterocycles. The molecule has 0 radical (unpaired) electrons. The molecule has 0 spiro atoms. The maximum Gasteiger partial charge on any atom is 0.255 e. The Morgan fingerprint density at radius 3 is 2.43 bits per heavy atom. The van der Waals surface area contributed by atoms with Gasteiger partial charge in [0.15, 0.2) is 0 Å². The van der Waals surface area contributed by atoms with Crippen molar-refractivity contribution in [1.82, 2.24) is 5.32 Å². The molecule has 0 fully saturated rings. The van der Waals surface area contributed by atoms with Crippen LogP contribution >= 0.6 is 0 Å². The van der Waals surface area contributed by atoms with E-state index in [1.807, 2.05) is 6.92 Å². The van der Waals surface area contributed by atoms with E-state index in [0.29, 0.717) is 22.5 Å². The predicted molar refractivity (Wildman–Crippen MR) is 83.4 cm³/mol. The zero-order valence-electron chi connectivity index (χ0n) is 11.9. The number of hydrogen-bond acceptors (Lipinski definition) is 3. The fourth-order valence-corrected chi connectivity index (χ4v) is 2.03. The van der Waals surface area contributed by atoms with Crippen molar-refractivity contribution < 1.29 is 9.59 Å². The van der Waals surface area contributed by atoms with E-state index in [0.717, 1.165) is 5.56 Å². The zero-order valence-corrected chi connectivity index (χ0v) is 11.9. The minimum absolute atomic E-state index is 0.203. The standard InChI is InChI=1S/C16H17N3O2/c1-10-6-12(8-13(17)7-10)16(21)19-14-5-3-4-11(9-14)15(20)18-2/h3-9H,17H2,1-2H3,(H,18,20)(H,19,21). The molecule has 2 aromatic rings. The molecule has 2 amide bonds. The number of nitrogen functional groups attached to an aromatic ring is 1. The molecular weight excluding hydrogens is 266 g/mol. The van der Waals surface area contributed by atoms with Crippen LogP contribution in [0.3, 0.4) is 0 Å². The van der Waals surface area contributed by atoms with Crippen LogP contribution in [0.15, 0.2) is 42.5 Å². The minimum Gasteiger partial charge on any atom is -0.399 e. The number of benzene rings is 2. The van der Waals surface area contributed by atoms with Crippen LogP contribution in [-0.4, -0.2) is 18.9 Å². The number of carbonyl (C=O) groups excluding carboxylic acids is 2. The second kappa shape index (κ2) is 6.09. The lowest BCUT2D eigenvalue weighted by Crippen LogP contribution is -2.18. The number of nitrogens with one attached hydrogen (secondary N) is 2. The van der Waals surface area contributed by atoms with E-state index in [1.54, 1.807) is 49.5 Å². The molecule has 0 saturated carbocycles. The summed E-state index contributed by atoms with van der Waals surface area (Å²) in [5.41, 5.74) is 8.72. The Labute approximate surface area is 123 Å². The molecule has 0 aromatic heterocycles. The first-order chi connectivity index (χ1) is 9.99. The largest absolute Gasteiger partial charge is 0.399 e. The topological polar surface area (TPSA) is 84.2 Å². The fraction of sp³-hybridized carbons (Fsp3) is 0.125. The lowest BCUT2D eigenvalue weighted by atomic mass is 10.1. The van der Waals surface area contributed by atoms with Crippen LogP contribution in [0.5, 0.6) is 0 Å². The summed E-state index contributed by atoms with van der Waals surface area (Å²) in [4.78, 5) is 23.8. The van der Waals surface area contributed by atoms with Crippen molar-refractivity contribution in [2.24, 2.45) is 0 Å². The van der Waals surface area contributed by atoms with Crippen LogP contribution in [0.4, 0.5) is 11.4 Å². The summed E-state index contributed by atoms with van der Waals surface area (Å²) >= 11 is 0. The molecule has 0 bridgehead atoms. The van der Waals surface area contributed by atoms with E-state index in [-0.39, 0.29) is 11.8 Å². The van der Waals surface area contributed by atoms with Gasteiger partial charge in [0.2, 0.25) is 0 Å². The molecule has 5 heteroatoms. The number of carbonyl (C=O) groups is 2. The second-order valence-corrected chi connectivity index (χ2v) is 4.75. The van der Waals surface area contributed by atoms with E-state index < -0.39 is 0 Å². The van der Waals surface area contributed by atoms with E-state index in [4.69, 9.17) is 5.73 Å². The first kappa shape index (κ1) is 14.6. The predicted octanol–water partition coefficient (Wildman–Crippen LogP) is 2.19. The van der Waals surface area contributed by atoms with Crippen LogP contribution in [0.2, 0.25) is 0 Å². The second-order valence-electron chi connectivity index (χ2n) is 4.75. The van der Waals surface area contributed by atoms with Crippen molar-refractivity contribution in [3.8, 4) is 0 Å². The molecule has 2 rings (SSSR count). The molecule has 0 atom stereocenters. The lowest BCUT2D eigenvalue weighted by molar-refractivity contribution is 0.0961. The van der Waals surface area contributed by atoms with Crippen LogP contribution in [0.25, 0.3) is 0 Å². The molecule has 5 nitrogen and oxygen atoms in total. The number of aryl methyl sites for hydroxylation is 1. The van der Waals surface area contributed by atoms with E-state index in [1.165, 1.54) is 0 Å². The molecule has 0 saturated heterocycles. The van der Waals surface area contributed by atoms with Crippen molar-refractivity contribution in [2.75, 3.05) is 18.1 Å². The highest BCUT2D eigenvalue weighted by Gasteiger charge is 2.09. The Balaban J connectivity index is 2.21. The fourth-order valence-electron chi connectivity index (χ4n) is 2.03. The van der Waals surface area contributed by atoms with Gasteiger partial charge in [-0.3, -0.25) is 9.59 Å². The molecular formula is C16H17N3O2. The quantitative estimate of drug-likeness (QED) is 0.755. The van der Waals surface area contributed by atoms with Crippen molar-refractivity contribution in [3.05, 3.63) is 59.2 Å². The summed E-state index contributed by atoms with van der Waals surface area (Å²) < 4.78 is 0. The van der Waals surface area contributed by atoms with Gasteiger partial charge in [-0.15, -0.1) is 0 Å². The number of nitrogens with two attached hydrogens (primary N) is 1. The Morgan fingerprint density at radius 2 is 1.76 bits per heavy atom. The number of amides is 2. The monoisotopic (exact) mass is 283 g/mol. The first-order valence-corrected chi connectivity index (χ1v) is 6.50. The van der Waals surface area contributed by atoms with Gasteiger partial charge in [-0.05, 0) is 48.9 Å². The van der Waals surface area contributed by atoms with Crippen LogP contribution in [-0.2, 0) is 0 Å². The third-order valence-corrected chi connectivity index (χ3v) is 2.97. The van der Waals surface area contributed by atoms with Crippen LogP contribution < -0.4 is 16.4 Å². The van der Waals surface area contributed by atoms with Gasteiger partial charge in [-0.25, -0.2) is 0 Å². The lowest BCUT2D eigenvalue weighted by Gasteiger charge is -2.08. The van der Waals surface area contributed by atoms with Crippen molar-refractivity contribution in [2.45, 2.75) is 6.92 Å². The van der Waals surface area contributed by atoms with Gasteiger partial charge in [0.1, 0.15) is 0 Å². The third-order valence-electron chi connectivity index (χ3n) is 2.97. The summed E-state index contributed by atoms with van der Waals surface area (Å²) in [6, 6.07) is 11.9. The van der Waals surface area contributed by atoms with Crippen molar-refractivity contribution in [3.63, 3.8) is 0 Å². The number of anilines is 2. The smallest absolute Gasteiger partial charge is 0.255 e. The molecule has 4 N–H and O–H groups in total. The molecule has 2 aromatic carbocycles. The molecule has 108 valence electrons. The average molecular weight is 283 g/mol. The van der Waals surface area contributed by atoms with Crippen LogP contribution in [0, 0.1) is 6.92 Å².